The quantitative estimate of drug-likeness (QED) is 0.395. The molecule has 1 fully saturated rings. The summed E-state index contributed by atoms with van der Waals surface area (Å²) in [4.78, 5) is 32.8. The van der Waals surface area contributed by atoms with E-state index >= 15 is 0 Å². The molecule has 0 bridgehead atoms. The Morgan fingerprint density at radius 3 is 2.29 bits per heavy atom. The molecule has 1 amide bonds. The van der Waals surface area contributed by atoms with Gasteiger partial charge in [-0.25, -0.2) is 4.79 Å². The summed E-state index contributed by atoms with van der Waals surface area (Å²) >= 11 is 3.13. The largest absolute Gasteiger partial charge is 0.448 e. The Morgan fingerprint density at radius 2 is 1.68 bits per heavy atom. The van der Waals surface area contributed by atoms with Crippen LogP contribution in [0, 0.1) is 0 Å². The van der Waals surface area contributed by atoms with Crippen molar-refractivity contribution in [3.8, 4) is 0 Å². The molecule has 2 atom stereocenters. The van der Waals surface area contributed by atoms with Gasteiger partial charge in [0.25, 0.3) is 0 Å². The van der Waals surface area contributed by atoms with Crippen LogP contribution >= 0.6 is 23.5 Å². The van der Waals surface area contributed by atoms with Gasteiger partial charge < -0.3 is 10.5 Å². The Bertz CT molecular complexity index is 1170. The lowest BCUT2D eigenvalue weighted by Gasteiger charge is -2.48. The van der Waals surface area contributed by atoms with Crippen molar-refractivity contribution in [1.29, 1.82) is 0 Å². The van der Waals surface area contributed by atoms with E-state index in [0.29, 0.717) is 17.2 Å². The maximum Gasteiger partial charge on any atom is 0.356 e. The molecule has 0 unspecified atom stereocenters. The molecular weight excluding hydrogens is 466 g/mol. The van der Waals surface area contributed by atoms with Gasteiger partial charge in [-0.05, 0) is 28.8 Å². The molecular formula is C26H23N3O3S2. The zero-order valence-electron chi connectivity index (χ0n) is 18.2. The molecule has 5 rings (SSSR count). The summed E-state index contributed by atoms with van der Waals surface area (Å²) in [5.74, 6) is 0.501. The Balaban J connectivity index is 1.47. The van der Waals surface area contributed by atoms with Gasteiger partial charge in [-0.15, -0.1) is 23.5 Å². The monoisotopic (exact) mass is 489 g/mol. The van der Waals surface area contributed by atoms with Gasteiger partial charge in [0.05, 0.1) is 0 Å². The Morgan fingerprint density at radius 1 is 1.06 bits per heavy atom. The number of aromatic nitrogens is 1. The first kappa shape index (κ1) is 22.7. The fourth-order valence-electron chi connectivity index (χ4n) is 3.98. The molecule has 0 radical (unpaired) electrons. The normalized spacial score (nSPS) is 19.6. The minimum atomic E-state index is -0.599. The van der Waals surface area contributed by atoms with Crippen molar-refractivity contribution in [1.82, 2.24) is 9.88 Å². The lowest BCUT2D eigenvalue weighted by Crippen LogP contribution is -2.68. The van der Waals surface area contributed by atoms with Crippen molar-refractivity contribution in [2.45, 2.75) is 23.3 Å². The molecule has 2 aromatic carbocycles. The third kappa shape index (κ3) is 4.49. The van der Waals surface area contributed by atoms with Crippen molar-refractivity contribution in [3.05, 3.63) is 112 Å². The highest BCUT2D eigenvalue weighted by atomic mass is 32.2. The topological polar surface area (TPSA) is 85.5 Å². The summed E-state index contributed by atoms with van der Waals surface area (Å²) < 4.78 is 6.12. The summed E-state index contributed by atoms with van der Waals surface area (Å²) in [5.41, 5.74) is 9.16. The van der Waals surface area contributed by atoms with Gasteiger partial charge in [-0.1, -0.05) is 60.7 Å². The van der Waals surface area contributed by atoms with Crippen molar-refractivity contribution in [3.63, 3.8) is 0 Å². The summed E-state index contributed by atoms with van der Waals surface area (Å²) in [5, 5.41) is -0.243. The van der Waals surface area contributed by atoms with E-state index in [-0.39, 0.29) is 11.3 Å². The maximum absolute atomic E-state index is 13.7. The highest BCUT2D eigenvalue weighted by Crippen LogP contribution is 2.44. The van der Waals surface area contributed by atoms with E-state index in [9.17, 15) is 9.59 Å². The van der Waals surface area contributed by atoms with E-state index in [1.54, 1.807) is 35.9 Å². The molecule has 0 aliphatic carbocycles. The first-order chi connectivity index (χ1) is 16.6. The number of ether oxygens (including phenoxy) is 1. The van der Waals surface area contributed by atoms with Crippen LogP contribution in [0.15, 0.2) is 95.8 Å². The van der Waals surface area contributed by atoms with Gasteiger partial charge in [-0.3, -0.25) is 14.7 Å². The SMILES string of the molecule is N[C@@H]1C(=O)N2C(C(=O)OC(c3ccccc3)c3ccccc3)=C(SCc3ccncc3)CS[C@H]12. The maximum atomic E-state index is 13.7. The van der Waals surface area contributed by atoms with Crippen molar-refractivity contribution in [2.24, 2.45) is 5.73 Å². The summed E-state index contributed by atoms with van der Waals surface area (Å²) in [7, 11) is 0. The van der Waals surface area contributed by atoms with Crippen LogP contribution in [0.5, 0.6) is 0 Å². The van der Waals surface area contributed by atoms with Crippen LogP contribution in [0.1, 0.15) is 22.8 Å². The molecule has 0 spiro atoms. The smallest absolute Gasteiger partial charge is 0.356 e. The number of carbonyl (C=O) groups excluding carboxylic acids is 2. The minimum absolute atomic E-state index is 0.243. The highest BCUT2D eigenvalue weighted by Gasteiger charge is 2.52. The van der Waals surface area contributed by atoms with Crippen LogP contribution in [0.3, 0.4) is 0 Å². The number of benzene rings is 2. The molecule has 2 N–H and O–H groups in total. The fraction of sp³-hybridized carbons (Fsp3) is 0.192. The van der Waals surface area contributed by atoms with Gasteiger partial charge in [-0.2, -0.15) is 0 Å². The number of carbonyl (C=O) groups is 2. The number of esters is 1. The molecule has 2 aliphatic rings. The van der Waals surface area contributed by atoms with Crippen LogP contribution in [0.25, 0.3) is 0 Å². The molecule has 172 valence electrons. The van der Waals surface area contributed by atoms with Gasteiger partial charge in [0.15, 0.2) is 6.10 Å². The number of hydrogen-bond donors (Lipinski definition) is 1. The summed E-state index contributed by atoms with van der Waals surface area (Å²) in [6.07, 6.45) is 2.90. The Labute approximate surface area is 206 Å². The third-order valence-electron chi connectivity index (χ3n) is 5.76. The zero-order chi connectivity index (χ0) is 23.5. The molecule has 6 nitrogen and oxygen atoms in total. The molecule has 8 heteroatoms. The molecule has 3 heterocycles. The molecule has 0 saturated carbocycles. The van der Waals surface area contributed by atoms with Crippen LogP contribution in [-0.4, -0.2) is 38.9 Å². The van der Waals surface area contributed by atoms with Crippen LogP contribution in [-0.2, 0) is 20.1 Å². The molecule has 34 heavy (non-hydrogen) atoms. The first-order valence-corrected chi connectivity index (χ1v) is 12.9. The molecule has 3 aromatic rings. The second-order valence-corrected chi connectivity index (χ2v) is 10.1. The predicted molar refractivity (Wildman–Crippen MR) is 134 cm³/mol. The molecule has 2 aliphatic heterocycles. The van der Waals surface area contributed by atoms with E-state index in [4.69, 9.17) is 10.5 Å². The number of β-lactam (4-membered cyclic amide) rings is 1. The summed E-state index contributed by atoms with van der Waals surface area (Å²) in [6, 6.07) is 22.5. The van der Waals surface area contributed by atoms with Crippen LogP contribution < -0.4 is 5.73 Å². The molecule has 1 saturated heterocycles. The standard InChI is InChI=1S/C26H23N3O3S2/c27-21-24(30)29-22(20(16-34-25(21)29)33-15-17-11-13-28-14-12-17)26(31)32-23(18-7-3-1-4-8-18)19-9-5-2-6-10-19/h1-14,21,23,25H,15-16,27H2/t21-,25-/m1/s1. The van der Waals surface area contributed by atoms with Crippen molar-refractivity contribution >= 4 is 35.4 Å². The van der Waals surface area contributed by atoms with Crippen molar-refractivity contribution in [2.75, 3.05) is 5.75 Å². The van der Waals surface area contributed by atoms with Crippen LogP contribution in [0.2, 0.25) is 0 Å². The van der Waals surface area contributed by atoms with Gasteiger partial charge in [0.2, 0.25) is 5.91 Å². The van der Waals surface area contributed by atoms with E-state index in [2.05, 4.69) is 4.98 Å². The predicted octanol–water partition coefficient (Wildman–Crippen LogP) is 4.10. The first-order valence-electron chi connectivity index (χ1n) is 10.9. The van der Waals surface area contributed by atoms with E-state index in [0.717, 1.165) is 21.6 Å². The number of fused-ring (bicyclic) bond motifs is 1. The second-order valence-electron chi connectivity index (χ2n) is 7.96. The second kappa shape index (κ2) is 10.0. The van der Waals surface area contributed by atoms with E-state index in [1.807, 2.05) is 72.8 Å². The van der Waals surface area contributed by atoms with Crippen molar-refractivity contribution < 1.29 is 14.3 Å². The summed E-state index contributed by atoms with van der Waals surface area (Å²) in [6.45, 7) is 0. The lowest BCUT2D eigenvalue weighted by atomic mass is 10.0. The van der Waals surface area contributed by atoms with Gasteiger partial charge >= 0.3 is 5.97 Å². The number of nitrogens with two attached hydrogens (primary N) is 1. The Hall–Kier alpha value is -3.07. The minimum Gasteiger partial charge on any atom is -0.448 e. The van der Waals surface area contributed by atoms with Gasteiger partial charge in [0, 0.05) is 28.8 Å². The Kier molecular flexibility index (Phi) is 6.71. The fourth-order valence-corrected chi connectivity index (χ4v) is 6.51. The number of hydrogen-bond acceptors (Lipinski definition) is 7. The lowest BCUT2D eigenvalue weighted by molar-refractivity contribution is -0.152. The third-order valence-corrected chi connectivity index (χ3v) is 8.41. The number of nitrogens with zero attached hydrogens (tertiary/aromatic N) is 2. The highest BCUT2D eigenvalue weighted by molar-refractivity contribution is 8.05. The molecule has 1 aromatic heterocycles. The zero-order valence-corrected chi connectivity index (χ0v) is 19.9. The average molecular weight is 490 g/mol. The van der Waals surface area contributed by atoms with E-state index < -0.39 is 18.1 Å². The number of pyridine rings is 1. The average Bonchev–Trinajstić information content (AvgIpc) is 2.91. The number of thioether (sulfide) groups is 2. The number of amides is 1. The van der Waals surface area contributed by atoms with Gasteiger partial charge in [0.1, 0.15) is 17.1 Å². The van der Waals surface area contributed by atoms with Crippen LogP contribution in [0.4, 0.5) is 0 Å². The number of rotatable bonds is 7. The van der Waals surface area contributed by atoms with E-state index in [1.165, 1.54) is 4.90 Å².